The number of benzene rings is 1. The quantitative estimate of drug-likeness (QED) is 0.775. The van der Waals surface area contributed by atoms with Crippen LogP contribution in [0.3, 0.4) is 0 Å². The SMILES string of the molecule is COCCN(c1cc(Br)ccc1CC(C)N)C(C)C1CC1. The number of ether oxygens (including phenoxy) is 1. The van der Waals surface area contributed by atoms with E-state index in [9.17, 15) is 0 Å². The van der Waals surface area contributed by atoms with Crippen LogP contribution >= 0.6 is 15.9 Å². The molecule has 21 heavy (non-hydrogen) atoms. The second-order valence-corrected chi connectivity index (χ2v) is 7.13. The minimum atomic E-state index is 0.172. The first-order valence-electron chi connectivity index (χ1n) is 7.82. The van der Waals surface area contributed by atoms with Crippen LogP contribution in [-0.2, 0) is 11.2 Å². The van der Waals surface area contributed by atoms with Gasteiger partial charge in [0.2, 0.25) is 0 Å². The van der Waals surface area contributed by atoms with Crippen molar-refractivity contribution in [3.8, 4) is 0 Å². The standard InChI is InChI=1S/C17H27BrN2O/c1-12(19)10-15-6-7-16(18)11-17(15)20(8-9-21-3)13(2)14-4-5-14/h6-7,11-14H,4-5,8-10,19H2,1-3H3. The number of hydrogen-bond acceptors (Lipinski definition) is 3. The number of rotatable bonds is 8. The molecule has 0 amide bonds. The lowest BCUT2D eigenvalue weighted by molar-refractivity contribution is 0.202. The molecule has 1 aliphatic carbocycles. The molecular weight excluding hydrogens is 328 g/mol. The van der Waals surface area contributed by atoms with Gasteiger partial charge >= 0.3 is 0 Å². The highest BCUT2D eigenvalue weighted by Crippen LogP contribution is 2.38. The normalized spacial score (nSPS) is 17.6. The Labute approximate surface area is 137 Å². The minimum Gasteiger partial charge on any atom is -0.383 e. The molecule has 0 heterocycles. The van der Waals surface area contributed by atoms with Crippen LogP contribution in [0.1, 0.15) is 32.3 Å². The van der Waals surface area contributed by atoms with Crippen molar-refractivity contribution >= 4 is 21.6 Å². The van der Waals surface area contributed by atoms with Crippen LogP contribution in [0.4, 0.5) is 5.69 Å². The van der Waals surface area contributed by atoms with Crippen LogP contribution in [0.25, 0.3) is 0 Å². The number of hydrogen-bond donors (Lipinski definition) is 1. The second kappa shape index (κ2) is 7.61. The van der Waals surface area contributed by atoms with Crippen molar-refractivity contribution in [2.45, 2.75) is 45.2 Å². The lowest BCUT2D eigenvalue weighted by Gasteiger charge is -2.33. The maximum atomic E-state index is 6.02. The molecule has 2 N–H and O–H groups in total. The van der Waals surface area contributed by atoms with Crippen molar-refractivity contribution in [1.29, 1.82) is 0 Å². The van der Waals surface area contributed by atoms with E-state index in [1.165, 1.54) is 24.1 Å². The van der Waals surface area contributed by atoms with Crippen molar-refractivity contribution in [3.05, 3.63) is 28.2 Å². The van der Waals surface area contributed by atoms with Gasteiger partial charge < -0.3 is 15.4 Å². The summed E-state index contributed by atoms with van der Waals surface area (Å²) in [5.74, 6) is 0.823. The van der Waals surface area contributed by atoms with E-state index >= 15 is 0 Å². The molecule has 0 aliphatic heterocycles. The van der Waals surface area contributed by atoms with Crippen LogP contribution in [-0.4, -0.2) is 32.3 Å². The molecule has 1 aromatic rings. The van der Waals surface area contributed by atoms with Crippen molar-refractivity contribution in [2.75, 3.05) is 25.2 Å². The van der Waals surface area contributed by atoms with Crippen molar-refractivity contribution < 1.29 is 4.74 Å². The highest BCUT2D eigenvalue weighted by Gasteiger charge is 2.32. The summed E-state index contributed by atoms with van der Waals surface area (Å²) in [6.45, 7) is 6.08. The zero-order chi connectivity index (χ0) is 15.4. The predicted molar refractivity (Wildman–Crippen MR) is 92.9 cm³/mol. The van der Waals surface area contributed by atoms with Gasteiger partial charge in [0.25, 0.3) is 0 Å². The number of halogens is 1. The minimum absolute atomic E-state index is 0.172. The Morgan fingerprint density at radius 1 is 1.38 bits per heavy atom. The summed E-state index contributed by atoms with van der Waals surface area (Å²) in [6, 6.07) is 7.26. The fourth-order valence-corrected chi connectivity index (χ4v) is 3.24. The summed E-state index contributed by atoms with van der Waals surface area (Å²) in [5.41, 5.74) is 8.66. The maximum Gasteiger partial charge on any atom is 0.0637 e. The van der Waals surface area contributed by atoms with E-state index in [1.54, 1.807) is 7.11 Å². The Hall–Kier alpha value is -0.580. The third-order valence-electron chi connectivity index (χ3n) is 4.23. The Balaban J connectivity index is 2.29. The summed E-state index contributed by atoms with van der Waals surface area (Å²) in [5, 5.41) is 0. The van der Waals surface area contributed by atoms with Gasteiger partial charge in [-0.15, -0.1) is 0 Å². The average Bonchev–Trinajstić information content (AvgIpc) is 3.25. The van der Waals surface area contributed by atoms with E-state index in [2.05, 4.69) is 52.9 Å². The van der Waals surface area contributed by atoms with Crippen molar-refractivity contribution in [3.63, 3.8) is 0 Å². The van der Waals surface area contributed by atoms with Crippen LogP contribution in [0.15, 0.2) is 22.7 Å². The van der Waals surface area contributed by atoms with E-state index in [0.29, 0.717) is 6.04 Å². The van der Waals surface area contributed by atoms with Gasteiger partial charge in [-0.3, -0.25) is 0 Å². The monoisotopic (exact) mass is 354 g/mol. The van der Waals surface area contributed by atoms with Gasteiger partial charge in [0, 0.05) is 35.9 Å². The Morgan fingerprint density at radius 3 is 2.67 bits per heavy atom. The van der Waals surface area contributed by atoms with E-state index < -0.39 is 0 Å². The zero-order valence-electron chi connectivity index (χ0n) is 13.3. The maximum absolute atomic E-state index is 6.02. The molecule has 0 aromatic heterocycles. The molecule has 2 rings (SSSR count). The third-order valence-corrected chi connectivity index (χ3v) is 4.72. The first-order chi connectivity index (χ1) is 10.0. The summed E-state index contributed by atoms with van der Waals surface area (Å²) in [6.07, 6.45) is 3.60. The third kappa shape index (κ3) is 4.70. The lowest BCUT2D eigenvalue weighted by Crippen LogP contribution is -2.38. The Bertz CT molecular complexity index is 460. The van der Waals surface area contributed by atoms with Gasteiger partial charge in [-0.2, -0.15) is 0 Å². The smallest absolute Gasteiger partial charge is 0.0637 e. The molecule has 0 radical (unpaired) electrons. The first kappa shape index (κ1) is 16.8. The van der Waals surface area contributed by atoms with Gasteiger partial charge in [-0.1, -0.05) is 22.0 Å². The summed E-state index contributed by atoms with van der Waals surface area (Å²) in [7, 11) is 1.77. The molecule has 0 spiro atoms. The highest BCUT2D eigenvalue weighted by atomic mass is 79.9. The topological polar surface area (TPSA) is 38.5 Å². The van der Waals surface area contributed by atoms with E-state index in [4.69, 9.17) is 10.5 Å². The first-order valence-corrected chi connectivity index (χ1v) is 8.61. The van der Waals surface area contributed by atoms with Crippen molar-refractivity contribution in [2.24, 2.45) is 11.7 Å². The molecule has 3 nitrogen and oxygen atoms in total. The van der Waals surface area contributed by atoms with Crippen LogP contribution in [0, 0.1) is 5.92 Å². The molecule has 2 atom stereocenters. The largest absolute Gasteiger partial charge is 0.383 e. The van der Waals surface area contributed by atoms with Crippen LogP contribution in [0.5, 0.6) is 0 Å². The molecule has 1 saturated carbocycles. The molecular formula is C17H27BrN2O. The lowest BCUT2D eigenvalue weighted by atomic mass is 10.0. The molecule has 1 fully saturated rings. The summed E-state index contributed by atoms with van der Waals surface area (Å²) in [4.78, 5) is 2.50. The Morgan fingerprint density at radius 2 is 2.10 bits per heavy atom. The number of anilines is 1. The number of methoxy groups -OCH3 is 1. The molecule has 118 valence electrons. The van der Waals surface area contributed by atoms with Gasteiger partial charge in [-0.25, -0.2) is 0 Å². The highest BCUT2D eigenvalue weighted by molar-refractivity contribution is 9.10. The molecule has 2 unspecified atom stereocenters. The Kier molecular flexibility index (Phi) is 6.08. The van der Waals surface area contributed by atoms with Gasteiger partial charge in [0.1, 0.15) is 0 Å². The second-order valence-electron chi connectivity index (χ2n) is 6.22. The molecule has 0 saturated heterocycles. The predicted octanol–water partition coefficient (Wildman–Crippen LogP) is 3.59. The van der Waals surface area contributed by atoms with Crippen molar-refractivity contribution in [1.82, 2.24) is 0 Å². The van der Waals surface area contributed by atoms with Crippen LogP contribution < -0.4 is 10.6 Å². The molecule has 1 aromatic carbocycles. The molecule has 1 aliphatic rings. The zero-order valence-corrected chi connectivity index (χ0v) is 14.9. The molecule has 0 bridgehead atoms. The van der Waals surface area contributed by atoms with E-state index in [0.717, 1.165) is 30.0 Å². The van der Waals surface area contributed by atoms with Gasteiger partial charge in [-0.05, 0) is 56.7 Å². The van der Waals surface area contributed by atoms with Crippen LogP contribution in [0.2, 0.25) is 0 Å². The number of nitrogens with two attached hydrogens (primary N) is 1. The van der Waals surface area contributed by atoms with Gasteiger partial charge in [0.05, 0.1) is 6.61 Å². The summed E-state index contributed by atoms with van der Waals surface area (Å²) >= 11 is 3.61. The summed E-state index contributed by atoms with van der Waals surface area (Å²) < 4.78 is 6.44. The fourth-order valence-electron chi connectivity index (χ4n) is 2.89. The molecule has 4 heteroatoms. The number of nitrogens with zero attached hydrogens (tertiary/aromatic N) is 1. The van der Waals surface area contributed by atoms with E-state index in [1.807, 2.05) is 0 Å². The van der Waals surface area contributed by atoms with Gasteiger partial charge in [0.15, 0.2) is 0 Å². The van der Waals surface area contributed by atoms with E-state index in [-0.39, 0.29) is 6.04 Å². The average molecular weight is 355 g/mol. The fraction of sp³-hybridized carbons (Fsp3) is 0.647.